The van der Waals surface area contributed by atoms with Crippen LogP contribution in [-0.4, -0.2) is 19.3 Å². The van der Waals surface area contributed by atoms with Gasteiger partial charge in [0.2, 0.25) is 0 Å². The molecule has 90 valence electrons. The molecular formula is C14H18N2O. The number of nitrogens with zero attached hydrogens (tertiary/aromatic N) is 1. The average molecular weight is 230 g/mol. The maximum Gasteiger partial charge on any atom is 0.0995 e. The topological polar surface area (TPSA) is 45.0 Å². The van der Waals surface area contributed by atoms with E-state index in [2.05, 4.69) is 18.3 Å². The highest BCUT2D eigenvalue weighted by Gasteiger charge is 2.21. The summed E-state index contributed by atoms with van der Waals surface area (Å²) >= 11 is 0. The van der Waals surface area contributed by atoms with Crippen molar-refractivity contribution in [2.24, 2.45) is 5.92 Å². The highest BCUT2D eigenvalue weighted by atomic mass is 16.5. The van der Waals surface area contributed by atoms with Gasteiger partial charge in [0, 0.05) is 19.2 Å². The SMILES string of the molecule is CC1COCCC1NCc1ccccc1C#N. The largest absolute Gasteiger partial charge is 0.381 e. The van der Waals surface area contributed by atoms with Crippen LogP contribution in [0.25, 0.3) is 0 Å². The quantitative estimate of drug-likeness (QED) is 0.864. The van der Waals surface area contributed by atoms with E-state index >= 15 is 0 Å². The van der Waals surface area contributed by atoms with Crippen molar-refractivity contribution < 1.29 is 4.74 Å². The molecular weight excluding hydrogens is 212 g/mol. The molecule has 1 heterocycles. The Labute approximate surface area is 102 Å². The number of nitriles is 1. The molecule has 1 N–H and O–H groups in total. The van der Waals surface area contributed by atoms with Crippen LogP contribution in [0.1, 0.15) is 24.5 Å². The Hall–Kier alpha value is -1.37. The summed E-state index contributed by atoms with van der Waals surface area (Å²) in [6.45, 7) is 4.63. The minimum atomic E-state index is 0.496. The third-order valence-electron chi connectivity index (χ3n) is 3.33. The molecule has 17 heavy (non-hydrogen) atoms. The van der Waals surface area contributed by atoms with Gasteiger partial charge < -0.3 is 10.1 Å². The van der Waals surface area contributed by atoms with Gasteiger partial charge in [0.05, 0.1) is 18.2 Å². The number of ether oxygens (including phenoxy) is 1. The van der Waals surface area contributed by atoms with Crippen LogP contribution < -0.4 is 5.32 Å². The molecule has 0 bridgehead atoms. The van der Waals surface area contributed by atoms with Crippen molar-refractivity contribution in [3.05, 3.63) is 35.4 Å². The summed E-state index contributed by atoms with van der Waals surface area (Å²) in [6.07, 6.45) is 1.05. The molecule has 0 radical (unpaired) electrons. The van der Waals surface area contributed by atoms with Crippen molar-refractivity contribution in [2.75, 3.05) is 13.2 Å². The zero-order valence-electron chi connectivity index (χ0n) is 10.1. The second-order valence-corrected chi connectivity index (χ2v) is 4.60. The van der Waals surface area contributed by atoms with E-state index in [1.807, 2.05) is 24.3 Å². The number of nitrogens with one attached hydrogen (secondary N) is 1. The van der Waals surface area contributed by atoms with Crippen LogP contribution in [0.4, 0.5) is 0 Å². The minimum absolute atomic E-state index is 0.496. The maximum atomic E-state index is 9.01. The third kappa shape index (κ3) is 3.06. The number of benzene rings is 1. The molecule has 0 saturated carbocycles. The van der Waals surface area contributed by atoms with E-state index in [-0.39, 0.29) is 0 Å². The Morgan fingerprint density at radius 2 is 2.29 bits per heavy atom. The van der Waals surface area contributed by atoms with Gasteiger partial charge in [0.25, 0.3) is 0 Å². The first-order valence-corrected chi connectivity index (χ1v) is 6.10. The first kappa shape index (κ1) is 12.1. The Morgan fingerprint density at radius 1 is 1.47 bits per heavy atom. The Balaban J connectivity index is 1.95. The van der Waals surface area contributed by atoms with Crippen LogP contribution in [0, 0.1) is 17.2 Å². The molecule has 0 amide bonds. The van der Waals surface area contributed by atoms with E-state index < -0.39 is 0 Å². The van der Waals surface area contributed by atoms with E-state index in [0.717, 1.165) is 37.3 Å². The van der Waals surface area contributed by atoms with Gasteiger partial charge in [-0.05, 0) is 24.0 Å². The lowest BCUT2D eigenvalue weighted by Gasteiger charge is -2.29. The minimum Gasteiger partial charge on any atom is -0.381 e. The summed E-state index contributed by atoms with van der Waals surface area (Å²) in [6, 6.07) is 10.5. The molecule has 2 unspecified atom stereocenters. The molecule has 3 heteroatoms. The normalized spacial score (nSPS) is 24.2. The molecule has 1 aliphatic rings. The molecule has 2 atom stereocenters. The first-order chi connectivity index (χ1) is 8.31. The molecule has 0 aromatic heterocycles. The summed E-state index contributed by atoms with van der Waals surface area (Å²) in [5.74, 6) is 0.540. The van der Waals surface area contributed by atoms with Gasteiger partial charge in [-0.3, -0.25) is 0 Å². The Morgan fingerprint density at radius 3 is 3.06 bits per heavy atom. The Kier molecular flexibility index (Phi) is 4.13. The molecule has 2 rings (SSSR count). The summed E-state index contributed by atoms with van der Waals surface area (Å²) in [5, 5.41) is 12.5. The van der Waals surface area contributed by atoms with Crippen LogP contribution in [0.5, 0.6) is 0 Å². The number of rotatable bonds is 3. The van der Waals surface area contributed by atoms with E-state index in [4.69, 9.17) is 10.00 Å². The van der Waals surface area contributed by atoms with Crippen LogP contribution in [0.2, 0.25) is 0 Å². The first-order valence-electron chi connectivity index (χ1n) is 6.10. The van der Waals surface area contributed by atoms with Crippen LogP contribution in [0.15, 0.2) is 24.3 Å². The molecule has 3 nitrogen and oxygen atoms in total. The van der Waals surface area contributed by atoms with E-state index in [9.17, 15) is 0 Å². The van der Waals surface area contributed by atoms with Gasteiger partial charge in [-0.25, -0.2) is 0 Å². The second-order valence-electron chi connectivity index (χ2n) is 4.60. The zero-order chi connectivity index (χ0) is 12.1. The molecule has 0 aliphatic carbocycles. The van der Waals surface area contributed by atoms with Crippen molar-refractivity contribution in [2.45, 2.75) is 25.9 Å². The lowest BCUT2D eigenvalue weighted by atomic mass is 9.97. The van der Waals surface area contributed by atoms with Gasteiger partial charge in [0.15, 0.2) is 0 Å². The lowest BCUT2D eigenvalue weighted by Crippen LogP contribution is -2.41. The predicted octanol–water partition coefficient (Wildman–Crippen LogP) is 2.07. The average Bonchev–Trinajstić information content (AvgIpc) is 2.38. The van der Waals surface area contributed by atoms with Gasteiger partial charge >= 0.3 is 0 Å². The highest BCUT2D eigenvalue weighted by molar-refractivity contribution is 5.37. The fourth-order valence-corrected chi connectivity index (χ4v) is 2.21. The fraction of sp³-hybridized carbons (Fsp3) is 0.500. The van der Waals surface area contributed by atoms with Crippen molar-refractivity contribution in [3.63, 3.8) is 0 Å². The van der Waals surface area contributed by atoms with Gasteiger partial charge in [-0.1, -0.05) is 25.1 Å². The van der Waals surface area contributed by atoms with Gasteiger partial charge in [0.1, 0.15) is 0 Å². The van der Waals surface area contributed by atoms with Crippen molar-refractivity contribution in [1.82, 2.24) is 5.32 Å². The molecule has 0 spiro atoms. The molecule has 1 aliphatic heterocycles. The Bertz CT molecular complexity index is 411. The van der Waals surface area contributed by atoms with Gasteiger partial charge in [-0.2, -0.15) is 5.26 Å². The highest BCUT2D eigenvalue weighted by Crippen LogP contribution is 2.15. The second kappa shape index (κ2) is 5.81. The zero-order valence-corrected chi connectivity index (χ0v) is 10.1. The molecule has 1 aromatic rings. The number of hydrogen-bond acceptors (Lipinski definition) is 3. The fourth-order valence-electron chi connectivity index (χ4n) is 2.21. The summed E-state index contributed by atoms with van der Waals surface area (Å²) < 4.78 is 5.42. The predicted molar refractivity (Wildman–Crippen MR) is 66.4 cm³/mol. The van der Waals surface area contributed by atoms with Crippen molar-refractivity contribution >= 4 is 0 Å². The number of hydrogen-bond donors (Lipinski definition) is 1. The summed E-state index contributed by atoms with van der Waals surface area (Å²) in [4.78, 5) is 0. The van der Waals surface area contributed by atoms with Crippen molar-refractivity contribution in [1.29, 1.82) is 5.26 Å². The van der Waals surface area contributed by atoms with Crippen LogP contribution in [0.3, 0.4) is 0 Å². The molecule has 1 aromatic carbocycles. The van der Waals surface area contributed by atoms with E-state index in [1.165, 1.54) is 0 Å². The van der Waals surface area contributed by atoms with E-state index in [1.54, 1.807) is 0 Å². The van der Waals surface area contributed by atoms with Gasteiger partial charge in [-0.15, -0.1) is 0 Å². The van der Waals surface area contributed by atoms with Crippen molar-refractivity contribution in [3.8, 4) is 6.07 Å². The monoisotopic (exact) mass is 230 g/mol. The smallest absolute Gasteiger partial charge is 0.0995 e. The third-order valence-corrected chi connectivity index (χ3v) is 3.33. The summed E-state index contributed by atoms with van der Waals surface area (Å²) in [5.41, 5.74) is 1.84. The lowest BCUT2D eigenvalue weighted by molar-refractivity contribution is 0.0386. The molecule has 1 fully saturated rings. The molecule has 1 saturated heterocycles. The standard InChI is InChI=1S/C14H18N2O/c1-11-10-17-7-6-14(11)16-9-13-5-3-2-4-12(13)8-15/h2-5,11,14,16H,6-7,9-10H2,1H3. The van der Waals surface area contributed by atoms with E-state index in [0.29, 0.717) is 12.0 Å². The van der Waals surface area contributed by atoms with Crippen LogP contribution in [-0.2, 0) is 11.3 Å². The maximum absolute atomic E-state index is 9.01. The van der Waals surface area contributed by atoms with Crippen LogP contribution >= 0.6 is 0 Å². The summed E-state index contributed by atoms with van der Waals surface area (Å²) in [7, 11) is 0.